The maximum absolute atomic E-state index is 13.7. The molecule has 3 nitrogen and oxygen atoms in total. The maximum Gasteiger partial charge on any atom is 0.271 e. The number of aryl methyl sites for hydroxylation is 1. The predicted octanol–water partition coefficient (Wildman–Crippen LogP) is 3.75. The lowest BCUT2D eigenvalue weighted by Gasteiger charge is -2.15. The van der Waals surface area contributed by atoms with E-state index in [1.54, 1.807) is 42.1 Å². The lowest BCUT2D eigenvalue weighted by Crippen LogP contribution is -2.10. The van der Waals surface area contributed by atoms with Crippen LogP contribution in [0.4, 0.5) is 8.78 Å². The second-order valence-electron chi connectivity index (χ2n) is 4.77. The van der Waals surface area contributed by atoms with Crippen LogP contribution in [0.2, 0.25) is 0 Å². The zero-order chi connectivity index (χ0) is 14.3. The van der Waals surface area contributed by atoms with Crippen LogP contribution in [0.1, 0.15) is 12.5 Å². The van der Waals surface area contributed by atoms with Crippen molar-refractivity contribution < 1.29 is 8.78 Å². The van der Waals surface area contributed by atoms with Gasteiger partial charge < -0.3 is 4.57 Å². The number of halogens is 2. The summed E-state index contributed by atoms with van der Waals surface area (Å²) in [6, 6.07) is 10.1. The molecule has 0 fully saturated rings. The Hall–Kier alpha value is -2.30. The molecule has 2 heterocycles. The molecule has 20 heavy (non-hydrogen) atoms. The average Bonchev–Trinajstić information content (AvgIpc) is 2.76. The summed E-state index contributed by atoms with van der Waals surface area (Å²) >= 11 is 0. The number of nitrogens with zero attached hydrogens (tertiary/aromatic N) is 3. The van der Waals surface area contributed by atoms with Crippen LogP contribution in [0.3, 0.4) is 0 Å². The van der Waals surface area contributed by atoms with Crippen molar-refractivity contribution in [2.45, 2.75) is 12.8 Å². The second-order valence-corrected chi connectivity index (χ2v) is 4.77. The minimum Gasteiger partial charge on any atom is -0.326 e. The number of hydrogen-bond acceptors (Lipinski definition) is 2. The summed E-state index contributed by atoms with van der Waals surface area (Å²) in [7, 11) is 1.80. The molecule has 102 valence electrons. The highest BCUT2D eigenvalue weighted by atomic mass is 19.3. The van der Waals surface area contributed by atoms with Crippen molar-refractivity contribution in [1.29, 1.82) is 0 Å². The van der Waals surface area contributed by atoms with Crippen LogP contribution in [0, 0.1) is 0 Å². The van der Waals surface area contributed by atoms with Crippen molar-refractivity contribution in [1.82, 2.24) is 14.5 Å². The largest absolute Gasteiger partial charge is 0.326 e. The summed E-state index contributed by atoms with van der Waals surface area (Å²) in [6.07, 6.45) is 1.64. The average molecular weight is 273 g/mol. The van der Waals surface area contributed by atoms with E-state index in [0.717, 1.165) is 12.4 Å². The number of imidazole rings is 1. The fraction of sp³-hybridized carbons (Fsp3) is 0.200. The quantitative estimate of drug-likeness (QED) is 0.712. The molecule has 0 saturated heterocycles. The highest BCUT2D eigenvalue weighted by molar-refractivity contribution is 5.78. The van der Waals surface area contributed by atoms with E-state index in [9.17, 15) is 8.78 Å². The monoisotopic (exact) mass is 273 g/mol. The smallest absolute Gasteiger partial charge is 0.271 e. The number of benzene rings is 1. The Labute approximate surface area is 114 Å². The van der Waals surface area contributed by atoms with Crippen molar-refractivity contribution in [3.05, 3.63) is 48.2 Å². The van der Waals surface area contributed by atoms with E-state index < -0.39 is 5.92 Å². The van der Waals surface area contributed by atoms with E-state index in [4.69, 9.17) is 0 Å². The van der Waals surface area contributed by atoms with Crippen molar-refractivity contribution in [3.8, 4) is 11.4 Å². The van der Waals surface area contributed by atoms with Crippen molar-refractivity contribution >= 4 is 11.2 Å². The van der Waals surface area contributed by atoms with Gasteiger partial charge in [-0.15, -0.1) is 0 Å². The van der Waals surface area contributed by atoms with E-state index in [2.05, 4.69) is 9.97 Å². The van der Waals surface area contributed by atoms with Gasteiger partial charge in [-0.2, -0.15) is 0 Å². The molecule has 1 aromatic carbocycles. The molecule has 0 saturated carbocycles. The fourth-order valence-electron chi connectivity index (χ4n) is 2.33. The Kier molecular flexibility index (Phi) is 2.78. The van der Waals surface area contributed by atoms with E-state index >= 15 is 0 Å². The molecule has 0 N–H and O–H groups in total. The third-order valence-electron chi connectivity index (χ3n) is 3.30. The highest BCUT2D eigenvalue weighted by Gasteiger charge is 2.29. The summed E-state index contributed by atoms with van der Waals surface area (Å²) in [6.45, 7) is 0.896. The molecule has 5 heteroatoms. The van der Waals surface area contributed by atoms with Crippen LogP contribution in [0.25, 0.3) is 22.6 Å². The Bertz CT molecular complexity index is 772. The number of hydrogen-bond donors (Lipinski definition) is 0. The number of pyridine rings is 1. The van der Waals surface area contributed by atoms with Crippen LogP contribution in [-0.2, 0) is 13.0 Å². The minimum absolute atomic E-state index is 0.0293. The molecule has 2 aromatic heterocycles. The van der Waals surface area contributed by atoms with Gasteiger partial charge in [0.05, 0.1) is 5.52 Å². The van der Waals surface area contributed by atoms with E-state index in [-0.39, 0.29) is 5.56 Å². The topological polar surface area (TPSA) is 30.7 Å². The van der Waals surface area contributed by atoms with Gasteiger partial charge in [-0.25, -0.2) is 18.7 Å². The predicted molar refractivity (Wildman–Crippen MR) is 73.5 cm³/mol. The molecule has 0 amide bonds. The minimum atomic E-state index is -2.91. The highest BCUT2D eigenvalue weighted by Crippen LogP contribution is 2.35. The van der Waals surface area contributed by atoms with E-state index in [0.29, 0.717) is 17.0 Å². The summed E-state index contributed by atoms with van der Waals surface area (Å²) in [5.41, 5.74) is 1.77. The van der Waals surface area contributed by atoms with Gasteiger partial charge in [-0.1, -0.05) is 24.3 Å². The first-order valence-corrected chi connectivity index (χ1v) is 6.23. The van der Waals surface area contributed by atoms with Crippen molar-refractivity contribution in [3.63, 3.8) is 0 Å². The van der Waals surface area contributed by atoms with Gasteiger partial charge in [0.2, 0.25) is 0 Å². The standard InChI is InChI=1S/C15H13F2N3/c1-15(16,17)11-7-4-3-6-10(11)14-19-13-12(20(14)2)8-5-9-18-13/h3-9H,1-2H3. The molecule has 0 spiro atoms. The summed E-state index contributed by atoms with van der Waals surface area (Å²) < 4.78 is 29.3. The third-order valence-corrected chi connectivity index (χ3v) is 3.30. The zero-order valence-electron chi connectivity index (χ0n) is 11.1. The number of alkyl halides is 2. The lowest BCUT2D eigenvalue weighted by atomic mass is 10.0. The molecule has 0 bridgehead atoms. The second kappa shape index (κ2) is 4.37. The number of fused-ring (bicyclic) bond motifs is 1. The summed E-state index contributed by atoms with van der Waals surface area (Å²) in [5, 5.41) is 0. The molecule has 3 aromatic rings. The summed E-state index contributed by atoms with van der Waals surface area (Å²) in [4.78, 5) is 8.54. The fourth-order valence-corrected chi connectivity index (χ4v) is 2.33. The Morgan fingerprint density at radius 2 is 1.85 bits per heavy atom. The van der Waals surface area contributed by atoms with E-state index in [1.165, 1.54) is 6.07 Å². The zero-order valence-corrected chi connectivity index (χ0v) is 11.1. The molecule has 0 radical (unpaired) electrons. The van der Waals surface area contributed by atoms with Gasteiger partial charge >= 0.3 is 0 Å². The van der Waals surface area contributed by atoms with Gasteiger partial charge in [-0.05, 0) is 12.1 Å². The van der Waals surface area contributed by atoms with Gasteiger partial charge in [0.25, 0.3) is 5.92 Å². The number of rotatable bonds is 2. The maximum atomic E-state index is 13.7. The summed E-state index contributed by atoms with van der Waals surface area (Å²) in [5.74, 6) is -2.42. The Morgan fingerprint density at radius 1 is 1.10 bits per heavy atom. The third kappa shape index (κ3) is 1.95. The van der Waals surface area contributed by atoms with Gasteiger partial charge in [0.15, 0.2) is 5.65 Å². The normalized spacial score (nSPS) is 12.0. The lowest BCUT2D eigenvalue weighted by molar-refractivity contribution is 0.0180. The van der Waals surface area contributed by atoms with Crippen LogP contribution >= 0.6 is 0 Å². The van der Waals surface area contributed by atoms with Crippen LogP contribution in [0.5, 0.6) is 0 Å². The Balaban J connectivity index is 2.29. The van der Waals surface area contributed by atoms with Crippen LogP contribution in [-0.4, -0.2) is 14.5 Å². The van der Waals surface area contributed by atoms with Crippen molar-refractivity contribution in [2.24, 2.45) is 7.05 Å². The number of aromatic nitrogens is 3. The van der Waals surface area contributed by atoms with Gasteiger partial charge in [0.1, 0.15) is 5.82 Å². The molecule has 0 aliphatic rings. The molecular formula is C15H13F2N3. The van der Waals surface area contributed by atoms with Crippen LogP contribution in [0.15, 0.2) is 42.6 Å². The Morgan fingerprint density at radius 3 is 2.55 bits per heavy atom. The SMILES string of the molecule is Cn1c(-c2ccccc2C(C)(F)F)nc2ncccc21. The van der Waals surface area contributed by atoms with Gasteiger partial charge in [0, 0.05) is 31.3 Å². The van der Waals surface area contributed by atoms with E-state index in [1.807, 2.05) is 6.07 Å². The molecular weight excluding hydrogens is 260 g/mol. The van der Waals surface area contributed by atoms with Crippen molar-refractivity contribution in [2.75, 3.05) is 0 Å². The van der Waals surface area contributed by atoms with Gasteiger partial charge in [-0.3, -0.25) is 0 Å². The molecule has 0 aliphatic heterocycles. The molecule has 0 atom stereocenters. The molecule has 0 unspecified atom stereocenters. The first kappa shape index (κ1) is 12.7. The first-order chi connectivity index (χ1) is 9.48. The molecule has 0 aliphatic carbocycles. The molecule has 3 rings (SSSR count). The first-order valence-electron chi connectivity index (χ1n) is 6.23. The van der Waals surface area contributed by atoms with Crippen LogP contribution < -0.4 is 0 Å².